The highest BCUT2D eigenvalue weighted by Gasteiger charge is 2.18. The molecule has 2 N–H and O–H groups in total. The predicted octanol–water partition coefficient (Wildman–Crippen LogP) is 4.36. The van der Waals surface area contributed by atoms with Gasteiger partial charge in [0.25, 0.3) is 0 Å². The van der Waals surface area contributed by atoms with Crippen LogP contribution in [0.2, 0.25) is 0 Å². The summed E-state index contributed by atoms with van der Waals surface area (Å²) in [6, 6.07) is 10.4. The van der Waals surface area contributed by atoms with Crippen molar-refractivity contribution in [1.82, 2.24) is 9.97 Å². The first-order valence-corrected chi connectivity index (χ1v) is 10.1. The van der Waals surface area contributed by atoms with E-state index >= 15 is 0 Å². The van der Waals surface area contributed by atoms with Gasteiger partial charge in [-0.1, -0.05) is 25.1 Å². The number of hydrogen-bond donors (Lipinski definition) is 1. The molecule has 0 saturated heterocycles. The van der Waals surface area contributed by atoms with Crippen LogP contribution < -0.4 is 10.6 Å². The van der Waals surface area contributed by atoms with E-state index < -0.39 is 5.82 Å². The number of carbonyl (C=O) groups is 2. The van der Waals surface area contributed by atoms with Crippen molar-refractivity contribution in [2.24, 2.45) is 0 Å². The Bertz CT molecular complexity index is 1110. The van der Waals surface area contributed by atoms with Gasteiger partial charge < -0.3 is 10.6 Å². The molecule has 2 aromatic heterocycles. The van der Waals surface area contributed by atoms with Crippen LogP contribution in [0.5, 0.6) is 0 Å². The van der Waals surface area contributed by atoms with Gasteiger partial charge in [-0.25, -0.2) is 9.37 Å². The van der Waals surface area contributed by atoms with Gasteiger partial charge in [-0.05, 0) is 48.2 Å². The smallest absolute Gasteiger partial charge is 0.226 e. The number of aryl methyl sites for hydroxylation is 1. The molecule has 3 rings (SSSR count). The largest absolute Gasteiger partial charge is 0.383 e. The number of nitrogens with zero attached hydrogens (tertiary/aromatic N) is 3. The maximum Gasteiger partial charge on any atom is 0.226 e. The van der Waals surface area contributed by atoms with Crippen LogP contribution >= 0.6 is 0 Å². The maximum atomic E-state index is 14.9. The highest BCUT2D eigenvalue weighted by atomic mass is 19.1. The number of aromatic nitrogens is 2. The molecule has 0 fully saturated rings. The van der Waals surface area contributed by atoms with E-state index in [4.69, 9.17) is 5.73 Å². The Hall–Kier alpha value is -3.61. The number of halogens is 1. The number of nitrogens with two attached hydrogens (primary N) is 1. The molecule has 0 bridgehead atoms. The third kappa shape index (κ3) is 4.77. The summed E-state index contributed by atoms with van der Waals surface area (Å²) >= 11 is 0. The van der Waals surface area contributed by atoms with Crippen molar-refractivity contribution in [1.29, 1.82) is 0 Å². The number of hydrogen-bond acceptors (Lipinski definition) is 5. The second kappa shape index (κ2) is 9.47. The van der Waals surface area contributed by atoms with E-state index in [1.54, 1.807) is 63.6 Å². The molecule has 3 aromatic rings. The quantitative estimate of drug-likeness (QED) is 0.574. The van der Waals surface area contributed by atoms with Crippen molar-refractivity contribution in [2.45, 2.75) is 33.1 Å². The Morgan fingerprint density at radius 3 is 2.55 bits per heavy atom. The molecule has 1 aromatic carbocycles. The lowest BCUT2D eigenvalue weighted by Crippen LogP contribution is -2.26. The minimum absolute atomic E-state index is 0.104. The van der Waals surface area contributed by atoms with Gasteiger partial charge in [0, 0.05) is 37.8 Å². The molecule has 0 unspecified atom stereocenters. The summed E-state index contributed by atoms with van der Waals surface area (Å²) < 4.78 is 14.9. The van der Waals surface area contributed by atoms with E-state index in [2.05, 4.69) is 9.97 Å². The zero-order chi connectivity index (χ0) is 22.5. The third-order valence-electron chi connectivity index (χ3n) is 5.31. The minimum Gasteiger partial charge on any atom is -0.383 e. The van der Waals surface area contributed by atoms with E-state index in [-0.39, 0.29) is 23.8 Å². The Labute approximate surface area is 180 Å². The molecule has 0 saturated carbocycles. The minimum atomic E-state index is -0.448. The zero-order valence-corrected chi connectivity index (χ0v) is 17.9. The molecular formula is C24H25FN4O2. The van der Waals surface area contributed by atoms with Gasteiger partial charge >= 0.3 is 0 Å². The van der Waals surface area contributed by atoms with Gasteiger partial charge in [0.1, 0.15) is 17.3 Å². The van der Waals surface area contributed by atoms with Crippen LogP contribution in [-0.2, 0) is 11.2 Å². The van der Waals surface area contributed by atoms with E-state index in [0.29, 0.717) is 41.0 Å². The lowest BCUT2D eigenvalue weighted by atomic mass is 9.99. The molecule has 0 aliphatic heterocycles. The highest BCUT2D eigenvalue weighted by Crippen LogP contribution is 2.31. The van der Waals surface area contributed by atoms with Crippen LogP contribution in [0, 0.1) is 12.7 Å². The first-order chi connectivity index (χ1) is 14.8. The van der Waals surface area contributed by atoms with Crippen molar-refractivity contribution in [3.8, 4) is 11.1 Å². The molecule has 31 heavy (non-hydrogen) atoms. The van der Waals surface area contributed by atoms with Gasteiger partial charge in [0.2, 0.25) is 5.91 Å². The highest BCUT2D eigenvalue weighted by molar-refractivity contribution is 5.95. The molecule has 0 aliphatic rings. The molecule has 0 radical (unpaired) electrons. The van der Waals surface area contributed by atoms with Crippen LogP contribution in [0.4, 0.5) is 15.9 Å². The lowest BCUT2D eigenvalue weighted by molar-refractivity contribution is -0.118. The standard InChI is InChI=1S/C24H25FN4O2/c1-4-22(31)29(3)20-11-9-18(15(2)23(20)25)17-7-10-19(28-14-17)21(30)12-8-16-6-5-13-27-24(16)26/h5-7,9-11,13-14H,4,8,12H2,1-3H3,(H2,26,27). The average Bonchev–Trinajstić information content (AvgIpc) is 2.79. The van der Waals surface area contributed by atoms with Crippen molar-refractivity contribution < 1.29 is 14.0 Å². The van der Waals surface area contributed by atoms with Gasteiger partial charge in [-0.2, -0.15) is 0 Å². The second-order valence-electron chi connectivity index (χ2n) is 7.28. The number of nitrogen functional groups attached to an aromatic ring is 1. The Morgan fingerprint density at radius 2 is 1.90 bits per heavy atom. The number of benzene rings is 1. The van der Waals surface area contributed by atoms with Crippen molar-refractivity contribution in [3.05, 3.63) is 71.4 Å². The number of ketones is 1. The number of carbonyl (C=O) groups excluding carboxylic acids is 2. The normalized spacial score (nSPS) is 10.7. The fourth-order valence-electron chi connectivity index (χ4n) is 3.37. The van der Waals surface area contributed by atoms with E-state index in [1.807, 2.05) is 6.07 Å². The first kappa shape index (κ1) is 22.1. The Balaban J connectivity index is 1.76. The molecule has 1 amide bonds. The number of pyridine rings is 2. The van der Waals surface area contributed by atoms with Gasteiger partial charge in [-0.3, -0.25) is 14.6 Å². The fourth-order valence-corrected chi connectivity index (χ4v) is 3.37. The summed E-state index contributed by atoms with van der Waals surface area (Å²) in [7, 11) is 1.56. The van der Waals surface area contributed by atoms with Crippen molar-refractivity contribution in [3.63, 3.8) is 0 Å². The molecular weight excluding hydrogens is 395 g/mol. The molecule has 160 valence electrons. The average molecular weight is 420 g/mol. The lowest BCUT2D eigenvalue weighted by Gasteiger charge is -2.19. The maximum absolute atomic E-state index is 14.9. The summed E-state index contributed by atoms with van der Waals surface area (Å²) in [5.41, 5.74) is 9.00. The van der Waals surface area contributed by atoms with Crippen molar-refractivity contribution in [2.75, 3.05) is 17.7 Å². The summed E-state index contributed by atoms with van der Waals surface area (Å²) in [6.07, 6.45) is 4.22. The van der Waals surface area contributed by atoms with E-state index in [1.165, 1.54) is 4.90 Å². The van der Waals surface area contributed by atoms with Gasteiger partial charge in [-0.15, -0.1) is 0 Å². The number of anilines is 2. The van der Waals surface area contributed by atoms with E-state index in [0.717, 1.165) is 5.56 Å². The molecule has 6 nitrogen and oxygen atoms in total. The van der Waals surface area contributed by atoms with Gasteiger partial charge in [0.05, 0.1) is 5.69 Å². The first-order valence-electron chi connectivity index (χ1n) is 10.1. The number of Topliss-reactive ketones (excluding diaryl/α,β-unsaturated/α-hetero) is 1. The van der Waals surface area contributed by atoms with Crippen LogP contribution in [0.15, 0.2) is 48.8 Å². The summed E-state index contributed by atoms with van der Waals surface area (Å²) in [4.78, 5) is 34.0. The Morgan fingerprint density at radius 1 is 1.13 bits per heavy atom. The number of amides is 1. The molecule has 0 atom stereocenters. The third-order valence-corrected chi connectivity index (χ3v) is 5.31. The zero-order valence-electron chi connectivity index (χ0n) is 17.9. The molecule has 2 heterocycles. The van der Waals surface area contributed by atoms with Crippen LogP contribution in [-0.4, -0.2) is 28.7 Å². The summed E-state index contributed by atoms with van der Waals surface area (Å²) in [5.74, 6) is -0.293. The van der Waals surface area contributed by atoms with Gasteiger partial charge in [0.15, 0.2) is 5.78 Å². The monoisotopic (exact) mass is 420 g/mol. The number of rotatable bonds is 7. The van der Waals surface area contributed by atoms with Crippen LogP contribution in [0.25, 0.3) is 11.1 Å². The predicted molar refractivity (Wildman–Crippen MR) is 119 cm³/mol. The van der Waals surface area contributed by atoms with Crippen LogP contribution in [0.3, 0.4) is 0 Å². The molecule has 0 aliphatic carbocycles. The second-order valence-corrected chi connectivity index (χ2v) is 7.28. The fraction of sp³-hybridized carbons (Fsp3) is 0.250. The van der Waals surface area contributed by atoms with Crippen LogP contribution in [0.1, 0.15) is 41.4 Å². The molecule has 7 heteroatoms. The summed E-state index contributed by atoms with van der Waals surface area (Å²) in [5, 5.41) is 0. The van der Waals surface area contributed by atoms with Crippen molar-refractivity contribution >= 4 is 23.2 Å². The topological polar surface area (TPSA) is 89.2 Å². The Kier molecular flexibility index (Phi) is 6.74. The SMILES string of the molecule is CCC(=O)N(C)c1ccc(-c2ccc(C(=O)CCc3cccnc3N)nc2)c(C)c1F. The van der Waals surface area contributed by atoms with E-state index in [9.17, 15) is 14.0 Å². The molecule has 0 spiro atoms. The summed E-state index contributed by atoms with van der Waals surface area (Å²) in [6.45, 7) is 3.40.